The molecule has 3 rings (SSSR count). The lowest BCUT2D eigenvalue weighted by molar-refractivity contribution is -0.196. The van der Waals surface area contributed by atoms with E-state index in [2.05, 4.69) is 4.99 Å². The summed E-state index contributed by atoms with van der Waals surface area (Å²) in [5.41, 5.74) is -3.16. The monoisotopic (exact) mass is 423 g/mol. The third-order valence-electron chi connectivity index (χ3n) is 4.39. The molecule has 2 aromatic rings. The number of carbonyl (C=O) groups is 2. The number of hydrogen-bond donors (Lipinski definition) is 1. The van der Waals surface area contributed by atoms with Gasteiger partial charge in [-0.05, 0) is 38.1 Å². The van der Waals surface area contributed by atoms with Crippen LogP contribution in [0.5, 0.6) is 0 Å². The Kier molecular flexibility index (Phi) is 5.40. The van der Waals surface area contributed by atoms with Crippen LogP contribution in [0.15, 0.2) is 59.6 Å². The number of benzene rings is 2. The minimum absolute atomic E-state index is 0.0784. The molecule has 0 aromatic heterocycles. The molecule has 1 unspecified atom stereocenters. The first-order valence-electron chi connectivity index (χ1n) is 8.70. The number of alkyl halides is 3. The molecule has 5 nitrogen and oxygen atoms in total. The number of amides is 2. The molecule has 0 fully saturated rings. The third-order valence-corrected chi connectivity index (χ3v) is 4.64. The van der Waals surface area contributed by atoms with E-state index in [-0.39, 0.29) is 11.4 Å². The van der Waals surface area contributed by atoms with Crippen molar-refractivity contribution in [3.8, 4) is 0 Å². The van der Waals surface area contributed by atoms with E-state index < -0.39 is 29.7 Å². The van der Waals surface area contributed by atoms with E-state index in [4.69, 9.17) is 11.6 Å². The standard InChI is InChI=1S/C20H17ClF3N3O2/c1-12(2)27-16(13-6-4-3-5-7-13)25-19(18(27)29,20(22,23)24)26-17(28)14-8-10-15(21)11-9-14/h3-12H,1-2H3,(H,26,28). The van der Waals surface area contributed by atoms with Crippen LogP contribution in [-0.4, -0.2) is 40.4 Å². The molecule has 0 aliphatic carbocycles. The molecule has 1 aliphatic heterocycles. The molecule has 0 spiro atoms. The van der Waals surface area contributed by atoms with Gasteiger partial charge in [-0.1, -0.05) is 41.9 Å². The van der Waals surface area contributed by atoms with Gasteiger partial charge in [-0.3, -0.25) is 14.5 Å². The van der Waals surface area contributed by atoms with Crippen LogP contribution in [0.4, 0.5) is 13.2 Å². The predicted octanol–water partition coefficient (Wildman–Crippen LogP) is 4.03. The van der Waals surface area contributed by atoms with Crippen LogP contribution in [0.3, 0.4) is 0 Å². The first kappa shape index (κ1) is 20.9. The van der Waals surface area contributed by atoms with Crippen molar-refractivity contribution in [2.24, 2.45) is 4.99 Å². The molecule has 1 aliphatic rings. The Balaban J connectivity index is 2.11. The molecule has 9 heteroatoms. The Labute approximate surface area is 170 Å². The summed E-state index contributed by atoms with van der Waals surface area (Å²) in [5, 5.41) is 2.14. The van der Waals surface area contributed by atoms with Crippen LogP contribution in [0.2, 0.25) is 5.02 Å². The Bertz CT molecular complexity index is 959. The predicted molar refractivity (Wildman–Crippen MR) is 103 cm³/mol. The average Bonchev–Trinajstić information content (AvgIpc) is 2.96. The maximum Gasteiger partial charge on any atom is 0.442 e. The average molecular weight is 424 g/mol. The first-order chi connectivity index (χ1) is 13.6. The quantitative estimate of drug-likeness (QED) is 0.807. The highest BCUT2D eigenvalue weighted by molar-refractivity contribution is 6.30. The normalized spacial score (nSPS) is 19.5. The highest BCUT2D eigenvalue weighted by atomic mass is 35.5. The van der Waals surface area contributed by atoms with Gasteiger partial charge in [0, 0.05) is 22.2 Å². The highest BCUT2D eigenvalue weighted by Crippen LogP contribution is 2.39. The topological polar surface area (TPSA) is 61.8 Å². The third kappa shape index (κ3) is 3.72. The second-order valence-corrected chi connectivity index (χ2v) is 7.18. The number of nitrogens with zero attached hydrogens (tertiary/aromatic N) is 2. The molecule has 2 amide bonds. The molecule has 1 atom stereocenters. The van der Waals surface area contributed by atoms with Crippen molar-refractivity contribution in [3.63, 3.8) is 0 Å². The van der Waals surface area contributed by atoms with Gasteiger partial charge in [0.25, 0.3) is 11.8 Å². The second-order valence-electron chi connectivity index (χ2n) is 6.74. The molecular formula is C20H17ClF3N3O2. The van der Waals surface area contributed by atoms with Crippen LogP contribution in [0, 0.1) is 0 Å². The molecule has 1 heterocycles. The van der Waals surface area contributed by atoms with Gasteiger partial charge in [0.1, 0.15) is 5.84 Å². The van der Waals surface area contributed by atoms with Gasteiger partial charge in [-0.15, -0.1) is 0 Å². The number of rotatable bonds is 4. The van der Waals surface area contributed by atoms with Crippen molar-refractivity contribution in [1.29, 1.82) is 0 Å². The minimum atomic E-state index is -5.16. The van der Waals surface area contributed by atoms with Gasteiger partial charge in [0.2, 0.25) is 0 Å². The van der Waals surface area contributed by atoms with E-state index in [1.807, 2.05) is 5.32 Å². The number of aliphatic imine (C=N–C) groups is 1. The molecule has 0 saturated heterocycles. The van der Waals surface area contributed by atoms with Crippen molar-refractivity contribution < 1.29 is 22.8 Å². The number of halogens is 4. The molecule has 152 valence electrons. The smallest absolute Gasteiger partial charge is 0.312 e. The zero-order valence-electron chi connectivity index (χ0n) is 15.5. The fourth-order valence-corrected chi connectivity index (χ4v) is 3.10. The van der Waals surface area contributed by atoms with Crippen LogP contribution < -0.4 is 5.32 Å². The van der Waals surface area contributed by atoms with E-state index in [1.165, 1.54) is 24.3 Å². The Morgan fingerprint density at radius 1 is 1.10 bits per heavy atom. The van der Waals surface area contributed by atoms with Crippen molar-refractivity contribution in [2.45, 2.75) is 31.7 Å². The number of carbonyl (C=O) groups excluding carboxylic acids is 2. The Morgan fingerprint density at radius 2 is 1.69 bits per heavy atom. The fraction of sp³-hybridized carbons (Fsp3) is 0.250. The van der Waals surface area contributed by atoms with Crippen LogP contribution in [-0.2, 0) is 4.79 Å². The van der Waals surface area contributed by atoms with Crippen molar-refractivity contribution in [3.05, 3.63) is 70.7 Å². The SMILES string of the molecule is CC(C)N1C(=O)C(NC(=O)c2ccc(Cl)cc2)(C(F)(F)F)N=C1c1ccccc1. The zero-order valence-corrected chi connectivity index (χ0v) is 16.3. The van der Waals surface area contributed by atoms with E-state index >= 15 is 0 Å². The number of amidine groups is 1. The summed E-state index contributed by atoms with van der Waals surface area (Å²) in [7, 11) is 0. The van der Waals surface area contributed by atoms with Gasteiger partial charge < -0.3 is 5.32 Å². The van der Waals surface area contributed by atoms with E-state index in [0.717, 1.165) is 4.90 Å². The zero-order chi connectivity index (χ0) is 21.4. The molecule has 0 bridgehead atoms. The maximum absolute atomic E-state index is 14.1. The van der Waals surface area contributed by atoms with Crippen molar-refractivity contribution in [2.75, 3.05) is 0 Å². The van der Waals surface area contributed by atoms with Crippen LogP contribution >= 0.6 is 11.6 Å². The fourth-order valence-electron chi connectivity index (χ4n) is 2.98. The lowest BCUT2D eigenvalue weighted by Crippen LogP contribution is -2.64. The van der Waals surface area contributed by atoms with Gasteiger partial charge in [0.15, 0.2) is 0 Å². The van der Waals surface area contributed by atoms with Gasteiger partial charge >= 0.3 is 11.8 Å². The highest BCUT2D eigenvalue weighted by Gasteiger charge is 2.67. The molecule has 0 saturated carbocycles. The maximum atomic E-state index is 14.1. The number of nitrogens with one attached hydrogen (secondary N) is 1. The van der Waals surface area contributed by atoms with E-state index in [1.54, 1.807) is 44.2 Å². The first-order valence-corrected chi connectivity index (χ1v) is 9.08. The summed E-state index contributed by atoms with van der Waals surface area (Å²) in [5.74, 6) is -2.60. The van der Waals surface area contributed by atoms with Crippen molar-refractivity contribution >= 4 is 29.3 Å². The summed E-state index contributed by atoms with van der Waals surface area (Å²) >= 11 is 5.76. The minimum Gasteiger partial charge on any atom is -0.312 e. The van der Waals surface area contributed by atoms with Gasteiger partial charge in [-0.25, -0.2) is 4.99 Å². The van der Waals surface area contributed by atoms with E-state index in [0.29, 0.717) is 10.6 Å². The summed E-state index contributed by atoms with van der Waals surface area (Å²) < 4.78 is 42.4. The van der Waals surface area contributed by atoms with Crippen molar-refractivity contribution in [1.82, 2.24) is 10.2 Å². The largest absolute Gasteiger partial charge is 0.442 e. The Hall–Kier alpha value is -2.87. The molecule has 29 heavy (non-hydrogen) atoms. The summed E-state index contributed by atoms with van der Waals surface area (Å²) in [6.45, 7) is 3.15. The summed E-state index contributed by atoms with van der Waals surface area (Å²) in [4.78, 5) is 30.2. The van der Waals surface area contributed by atoms with Gasteiger partial charge in [-0.2, -0.15) is 13.2 Å². The molecule has 1 N–H and O–H groups in total. The van der Waals surface area contributed by atoms with Crippen LogP contribution in [0.1, 0.15) is 29.8 Å². The van der Waals surface area contributed by atoms with E-state index in [9.17, 15) is 22.8 Å². The summed E-state index contributed by atoms with van der Waals surface area (Å²) in [6, 6.07) is 12.7. The van der Waals surface area contributed by atoms with Crippen LogP contribution in [0.25, 0.3) is 0 Å². The summed E-state index contributed by atoms with van der Waals surface area (Å²) in [6.07, 6.45) is -5.16. The molecule has 0 radical (unpaired) electrons. The lowest BCUT2D eigenvalue weighted by atomic mass is 10.1. The number of hydrogen-bond acceptors (Lipinski definition) is 3. The Morgan fingerprint density at radius 3 is 2.21 bits per heavy atom. The second kappa shape index (κ2) is 7.51. The molecule has 2 aromatic carbocycles. The lowest BCUT2D eigenvalue weighted by Gasteiger charge is -2.30. The van der Waals surface area contributed by atoms with Gasteiger partial charge in [0.05, 0.1) is 0 Å². The molecular weight excluding hydrogens is 407 g/mol.